The van der Waals surface area contributed by atoms with Crippen LogP contribution in [-0.4, -0.2) is 31.8 Å². The first-order valence-electron chi connectivity index (χ1n) is 5.76. The zero-order valence-electron chi connectivity index (χ0n) is 11.0. The van der Waals surface area contributed by atoms with Gasteiger partial charge in [0.2, 0.25) is 0 Å². The molecule has 1 rings (SSSR count). The topological polar surface area (TPSA) is 70.8 Å². The van der Waals surface area contributed by atoms with Gasteiger partial charge in [0.05, 0.1) is 20.8 Å². The summed E-state index contributed by atoms with van der Waals surface area (Å²) in [5, 5.41) is 0. The predicted octanol–water partition coefficient (Wildman–Crippen LogP) is 1.66. The first-order valence-corrected chi connectivity index (χ1v) is 6.16. The maximum Gasteiger partial charge on any atom is 0.305 e. The quantitative estimate of drug-likeness (QED) is 0.466. The number of carbonyl (C=O) groups excluding carboxylic acids is 1. The van der Waals surface area contributed by atoms with Crippen molar-refractivity contribution < 1.29 is 19.0 Å². The van der Waals surface area contributed by atoms with E-state index in [0.29, 0.717) is 41.5 Å². The minimum Gasteiger partial charge on any atom is -0.493 e. The molecule has 0 saturated carbocycles. The summed E-state index contributed by atoms with van der Waals surface area (Å²) in [5.74, 6) is 0.898. The van der Waals surface area contributed by atoms with Crippen LogP contribution in [0.25, 0.3) is 0 Å². The lowest BCUT2D eigenvalue weighted by molar-refractivity contribution is -0.140. The molecule has 0 aliphatic heterocycles. The molecule has 0 amide bonds. The second-order valence-corrected chi connectivity index (χ2v) is 4.20. The molecule has 19 heavy (non-hydrogen) atoms. The third-order valence-corrected chi connectivity index (χ3v) is 2.69. The number of methoxy groups -OCH3 is 2. The van der Waals surface area contributed by atoms with Gasteiger partial charge in [-0.1, -0.05) is 12.2 Å². The molecule has 0 aliphatic rings. The summed E-state index contributed by atoms with van der Waals surface area (Å²) in [6.07, 6.45) is 0.899. The number of thiocarbonyl (C=S) groups is 1. The van der Waals surface area contributed by atoms with E-state index in [1.54, 1.807) is 25.3 Å². The Morgan fingerprint density at radius 1 is 1.32 bits per heavy atom. The lowest BCUT2D eigenvalue weighted by Gasteiger charge is -2.11. The third-order valence-electron chi connectivity index (χ3n) is 2.46. The highest BCUT2D eigenvalue weighted by Gasteiger charge is 2.07. The number of nitrogens with two attached hydrogens (primary N) is 1. The van der Waals surface area contributed by atoms with Crippen molar-refractivity contribution in [3.05, 3.63) is 23.8 Å². The molecule has 1 aromatic carbocycles. The van der Waals surface area contributed by atoms with E-state index in [9.17, 15) is 4.79 Å². The Kier molecular flexibility index (Phi) is 6.08. The Bertz CT molecular complexity index is 462. The monoisotopic (exact) mass is 283 g/mol. The van der Waals surface area contributed by atoms with Gasteiger partial charge >= 0.3 is 5.97 Å². The van der Waals surface area contributed by atoms with Crippen LogP contribution in [0.15, 0.2) is 18.2 Å². The maximum absolute atomic E-state index is 10.9. The molecule has 0 bridgehead atoms. The Labute approximate surface area is 117 Å². The van der Waals surface area contributed by atoms with Crippen LogP contribution in [0.3, 0.4) is 0 Å². The fourth-order valence-electron chi connectivity index (χ4n) is 1.44. The van der Waals surface area contributed by atoms with Crippen molar-refractivity contribution in [3.8, 4) is 11.5 Å². The van der Waals surface area contributed by atoms with Crippen molar-refractivity contribution in [1.82, 2.24) is 0 Å². The van der Waals surface area contributed by atoms with Crippen LogP contribution in [0.1, 0.15) is 18.4 Å². The predicted molar refractivity (Wildman–Crippen MR) is 75.6 cm³/mol. The number of hydrogen-bond donors (Lipinski definition) is 1. The number of carbonyl (C=O) groups is 1. The Balaban J connectivity index is 2.58. The molecule has 5 nitrogen and oxygen atoms in total. The van der Waals surface area contributed by atoms with Crippen molar-refractivity contribution >= 4 is 23.2 Å². The van der Waals surface area contributed by atoms with Gasteiger partial charge in [-0.2, -0.15) is 0 Å². The molecule has 0 aliphatic carbocycles. The van der Waals surface area contributed by atoms with E-state index >= 15 is 0 Å². The highest BCUT2D eigenvalue weighted by atomic mass is 32.1. The van der Waals surface area contributed by atoms with E-state index in [4.69, 9.17) is 27.4 Å². The van der Waals surface area contributed by atoms with Gasteiger partial charge in [-0.3, -0.25) is 4.79 Å². The van der Waals surface area contributed by atoms with E-state index in [1.165, 1.54) is 7.11 Å². The minimum atomic E-state index is -0.251. The molecule has 0 spiro atoms. The number of esters is 1. The van der Waals surface area contributed by atoms with E-state index in [0.717, 1.165) is 0 Å². The molecule has 0 saturated heterocycles. The van der Waals surface area contributed by atoms with Gasteiger partial charge in [0.1, 0.15) is 4.99 Å². The van der Waals surface area contributed by atoms with Gasteiger partial charge in [0.25, 0.3) is 0 Å². The Morgan fingerprint density at radius 2 is 2.05 bits per heavy atom. The maximum atomic E-state index is 10.9. The number of ether oxygens (including phenoxy) is 3. The number of benzene rings is 1. The first kappa shape index (κ1) is 15.2. The molecular formula is C13H17NO4S. The van der Waals surface area contributed by atoms with Crippen molar-refractivity contribution in [2.75, 3.05) is 20.8 Å². The second-order valence-electron chi connectivity index (χ2n) is 3.76. The van der Waals surface area contributed by atoms with Gasteiger partial charge in [0.15, 0.2) is 11.5 Å². The lowest BCUT2D eigenvalue weighted by atomic mass is 10.2. The van der Waals surface area contributed by atoms with Crippen LogP contribution in [0.2, 0.25) is 0 Å². The highest BCUT2D eigenvalue weighted by molar-refractivity contribution is 7.80. The summed E-state index contributed by atoms with van der Waals surface area (Å²) < 4.78 is 15.3. The molecule has 2 N–H and O–H groups in total. The lowest BCUT2D eigenvalue weighted by Crippen LogP contribution is -2.10. The van der Waals surface area contributed by atoms with E-state index in [-0.39, 0.29) is 5.97 Å². The average Bonchev–Trinajstić information content (AvgIpc) is 2.42. The minimum absolute atomic E-state index is 0.251. The number of hydrogen-bond acceptors (Lipinski definition) is 5. The van der Waals surface area contributed by atoms with Crippen LogP contribution in [-0.2, 0) is 9.53 Å². The van der Waals surface area contributed by atoms with E-state index in [2.05, 4.69) is 4.74 Å². The standard InChI is InChI=1S/C13H17NO4S/c1-16-11-8-9(13(14)19)5-6-10(11)18-7-3-4-12(15)17-2/h5-6,8H,3-4,7H2,1-2H3,(H2,14,19). The smallest absolute Gasteiger partial charge is 0.305 e. The molecular weight excluding hydrogens is 266 g/mol. The van der Waals surface area contributed by atoms with Crippen LogP contribution in [0, 0.1) is 0 Å². The van der Waals surface area contributed by atoms with Gasteiger partial charge in [-0.05, 0) is 24.6 Å². The van der Waals surface area contributed by atoms with Crippen LogP contribution in [0.5, 0.6) is 11.5 Å². The molecule has 0 radical (unpaired) electrons. The summed E-state index contributed by atoms with van der Waals surface area (Å²) in [6.45, 7) is 0.401. The Hall–Kier alpha value is -1.82. The SMILES string of the molecule is COC(=O)CCCOc1ccc(C(N)=S)cc1OC. The first-order chi connectivity index (χ1) is 9.08. The average molecular weight is 283 g/mol. The van der Waals surface area contributed by atoms with E-state index < -0.39 is 0 Å². The fourth-order valence-corrected chi connectivity index (χ4v) is 1.57. The van der Waals surface area contributed by atoms with Crippen molar-refractivity contribution in [3.63, 3.8) is 0 Å². The normalized spacial score (nSPS) is 9.79. The molecule has 0 unspecified atom stereocenters. The number of rotatable bonds is 7. The van der Waals surface area contributed by atoms with Crippen molar-refractivity contribution in [2.45, 2.75) is 12.8 Å². The van der Waals surface area contributed by atoms with Crippen LogP contribution in [0.4, 0.5) is 0 Å². The fraction of sp³-hybridized carbons (Fsp3) is 0.385. The van der Waals surface area contributed by atoms with Gasteiger partial charge < -0.3 is 19.9 Å². The van der Waals surface area contributed by atoms with Gasteiger partial charge in [0, 0.05) is 12.0 Å². The Morgan fingerprint density at radius 3 is 2.63 bits per heavy atom. The third kappa shape index (κ3) is 4.75. The molecule has 0 aromatic heterocycles. The largest absolute Gasteiger partial charge is 0.493 e. The molecule has 0 fully saturated rings. The summed E-state index contributed by atoms with van der Waals surface area (Å²) in [4.78, 5) is 11.2. The summed E-state index contributed by atoms with van der Waals surface area (Å²) in [7, 11) is 2.90. The zero-order valence-corrected chi connectivity index (χ0v) is 11.8. The summed E-state index contributed by atoms with van der Waals surface area (Å²) in [6, 6.07) is 5.23. The highest BCUT2D eigenvalue weighted by Crippen LogP contribution is 2.28. The van der Waals surface area contributed by atoms with Crippen LogP contribution >= 0.6 is 12.2 Å². The molecule has 6 heteroatoms. The second kappa shape index (κ2) is 7.58. The summed E-state index contributed by atoms with van der Waals surface area (Å²) >= 11 is 4.89. The molecule has 104 valence electrons. The molecule has 1 aromatic rings. The summed E-state index contributed by atoms with van der Waals surface area (Å²) in [5.41, 5.74) is 6.26. The van der Waals surface area contributed by atoms with Crippen LogP contribution < -0.4 is 15.2 Å². The molecule has 0 atom stereocenters. The molecule has 0 heterocycles. The zero-order chi connectivity index (χ0) is 14.3. The van der Waals surface area contributed by atoms with E-state index in [1.807, 2.05) is 0 Å². The van der Waals surface area contributed by atoms with Gasteiger partial charge in [-0.15, -0.1) is 0 Å². The van der Waals surface area contributed by atoms with Crippen molar-refractivity contribution in [1.29, 1.82) is 0 Å². The van der Waals surface area contributed by atoms with Gasteiger partial charge in [-0.25, -0.2) is 0 Å². The van der Waals surface area contributed by atoms with Crippen molar-refractivity contribution in [2.24, 2.45) is 5.73 Å².